The van der Waals surface area contributed by atoms with Crippen LogP contribution >= 0.6 is 0 Å². The fraction of sp³-hybridized carbons (Fsp3) is 0.412. The Bertz CT molecular complexity index is 843. The number of hydrogen-bond acceptors (Lipinski definition) is 7. The van der Waals surface area contributed by atoms with Gasteiger partial charge in [0.15, 0.2) is 5.82 Å². The van der Waals surface area contributed by atoms with E-state index in [1.165, 1.54) is 0 Å². The average Bonchev–Trinajstić information content (AvgIpc) is 3.30. The second-order valence-corrected chi connectivity index (χ2v) is 5.78. The van der Waals surface area contributed by atoms with Gasteiger partial charge in [0.2, 0.25) is 11.8 Å². The largest absolute Gasteiger partial charge is 0.480 e. The van der Waals surface area contributed by atoms with Crippen molar-refractivity contribution in [3.63, 3.8) is 0 Å². The van der Waals surface area contributed by atoms with Crippen molar-refractivity contribution in [3.05, 3.63) is 41.7 Å². The standard InChI is InChI=1S/C17H18N4O3/c1-22-17-14(18-12-4-2-3-5-13(12)19-17)6-7-15-20-16(21-24-15)11-8-9-23-10-11/h2-5,11H,6-10H2,1H3/t11-/m0/s1. The van der Waals surface area contributed by atoms with Crippen LogP contribution in [0.3, 0.4) is 0 Å². The van der Waals surface area contributed by atoms with Gasteiger partial charge in [0.1, 0.15) is 5.69 Å². The SMILES string of the molecule is COc1nc2ccccc2nc1CCc1nc([C@H]2CCOC2)no1. The van der Waals surface area contributed by atoms with Gasteiger partial charge in [-0.2, -0.15) is 4.98 Å². The number of rotatable bonds is 5. The monoisotopic (exact) mass is 326 g/mol. The third kappa shape index (κ3) is 2.94. The molecule has 24 heavy (non-hydrogen) atoms. The summed E-state index contributed by atoms with van der Waals surface area (Å²) in [6.45, 7) is 1.43. The van der Waals surface area contributed by atoms with Crippen molar-refractivity contribution < 1.29 is 14.0 Å². The maximum atomic E-state index is 5.37. The van der Waals surface area contributed by atoms with Gasteiger partial charge < -0.3 is 14.0 Å². The number of nitrogens with zero attached hydrogens (tertiary/aromatic N) is 4. The van der Waals surface area contributed by atoms with Crippen LogP contribution in [0.4, 0.5) is 0 Å². The molecule has 0 spiro atoms. The topological polar surface area (TPSA) is 83.2 Å². The number of hydrogen-bond donors (Lipinski definition) is 0. The van der Waals surface area contributed by atoms with Gasteiger partial charge in [-0.15, -0.1) is 0 Å². The van der Waals surface area contributed by atoms with Gasteiger partial charge in [-0.05, 0) is 18.6 Å². The summed E-state index contributed by atoms with van der Waals surface area (Å²) in [5.74, 6) is 2.13. The van der Waals surface area contributed by atoms with Gasteiger partial charge in [-0.25, -0.2) is 9.97 Å². The molecular formula is C17H18N4O3. The van der Waals surface area contributed by atoms with Crippen LogP contribution < -0.4 is 4.74 Å². The molecule has 1 aromatic carbocycles. The molecule has 1 atom stereocenters. The van der Waals surface area contributed by atoms with E-state index in [0.29, 0.717) is 31.2 Å². The second kappa shape index (κ2) is 6.52. The third-order valence-electron chi connectivity index (χ3n) is 4.15. The highest BCUT2D eigenvalue weighted by Gasteiger charge is 2.23. The molecule has 1 aliphatic rings. The van der Waals surface area contributed by atoms with Gasteiger partial charge >= 0.3 is 0 Å². The van der Waals surface area contributed by atoms with Crippen LogP contribution in [-0.2, 0) is 17.6 Å². The Morgan fingerprint density at radius 2 is 1.96 bits per heavy atom. The highest BCUT2D eigenvalue weighted by Crippen LogP contribution is 2.23. The first-order chi connectivity index (χ1) is 11.8. The van der Waals surface area contributed by atoms with Gasteiger partial charge in [-0.1, -0.05) is 17.3 Å². The number of benzene rings is 1. The average molecular weight is 326 g/mol. The molecule has 1 saturated heterocycles. The summed E-state index contributed by atoms with van der Waals surface area (Å²) in [7, 11) is 1.60. The van der Waals surface area contributed by atoms with E-state index in [1.54, 1.807) is 7.11 Å². The molecule has 0 amide bonds. The minimum absolute atomic E-state index is 0.248. The zero-order valence-corrected chi connectivity index (χ0v) is 13.4. The van der Waals surface area contributed by atoms with Crippen LogP contribution in [0.1, 0.15) is 29.7 Å². The summed E-state index contributed by atoms with van der Waals surface area (Å²) >= 11 is 0. The van der Waals surface area contributed by atoms with Crippen LogP contribution in [-0.4, -0.2) is 40.4 Å². The fourth-order valence-corrected chi connectivity index (χ4v) is 2.85. The van der Waals surface area contributed by atoms with E-state index in [4.69, 9.17) is 14.0 Å². The predicted molar refractivity (Wildman–Crippen MR) is 86.0 cm³/mol. The number of aryl methyl sites for hydroxylation is 2. The lowest BCUT2D eigenvalue weighted by Gasteiger charge is -2.07. The Morgan fingerprint density at radius 1 is 1.12 bits per heavy atom. The number of ether oxygens (including phenoxy) is 2. The van der Waals surface area contributed by atoms with Crippen molar-refractivity contribution in [2.45, 2.75) is 25.2 Å². The third-order valence-corrected chi connectivity index (χ3v) is 4.15. The molecule has 1 fully saturated rings. The molecule has 2 aromatic heterocycles. The molecule has 0 unspecified atom stereocenters. The highest BCUT2D eigenvalue weighted by molar-refractivity contribution is 5.74. The molecule has 124 valence electrons. The molecule has 7 heteroatoms. The normalized spacial score (nSPS) is 17.5. The maximum Gasteiger partial charge on any atom is 0.235 e. The number of fused-ring (bicyclic) bond motifs is 1. The van der Waals surface area contributed by atoms with E-state index in [2.05, 4.69) is 20.1 Å². The molecule has 7 nitrogen and oxygen atoms in total. The Balaban J connectivity index is 1.51. The molecule has 0 aliphatic carbocycles. The molecule has 3 heterocycles. The Kier molecular flexibility index (Phi) is 4.08. The Labute approximate surface area is 139 Å². The van der Waals surface area contributed by atoms with E-state index >= 15 is 0 Å². The van der Waals surface area contributed by atoms with E-state index < -0.39 is 0 Å². The lowest BCUT2D eigenvalue weighted by molar-refractivity contribution is 0.192. The van der Waals surface area contributed by atoms with E-state index in [0.717, 1.165) is 35.6 Å². The zero-order chi connectivity index (χ0) is 16.4. The van der Waals surface area contributed by atoms with Gasteiger partial charge in [0, 0.05) is 25.4 Å². The fourth-order valence-electron chi connectivity index (χ4n) is 2.85. The zero-order valence-electron chi connectivity index (χ0n) is 13.4. The predicted octanol–water partition coefficient (Wildman–Crippen LogP) is 2.31. The Morgan fingerprint density at radius 3 is 2.71 bits per heavy atom. The van der Waals surface area contributed by atoms with Crippen LogP contribution in [0.5, 0.6) is 5.88 Å². The van der Waals surface area contributed by atoms with Gasteiger partial charge in [0.25, 0.3) is 0 Å². The lowest BCUT2D eigenvalue weighted by atomic mass is 10.1. The molecule has 0 bridgehead atoms. The van der Waals surface area contributed by atoms with Crippen molar-refractivity contribution in [2.24, 2.45) is 0 Å². The second-order valence-electron chi connectivity index (χ2n) is 5.78. The van der Waals surface area contributed by atoms with Crippen molar-refractivity contribution in [3.8, 4) is 5.88 Å². The van der Waals surface area contributed by atoms with Crippen molar-refractivity contribution in [1.82, 2.24) is 20.1 Å². The summed E-state index contributed by atoms with van der Waals surface area (Å²) in [5.41, 5.74) is 2.46. The van der Waals surface area contributed by atoms with Gasteiger partial charge in [0.05, 0.1) is 24.8 Å². The minimum atomic E-state index is 0.248. The first-order valence-electron chi connectivity index (χ1n) is 8.03. The minimum Gasteiger partial charge on any atom is -0.480 e. The van der Waals surface area contributed by atoms with Crippen molar-refractivity contribution in [2.75, 3.05) is 20.3 Å². The van der Waals surface area contributed by atoms with Gasteiger partial charge in [-0.3, -0.25) is 0 Å². The molecule has 1 aliphatic heterocycles. The van der Waals surface area contributed by atoms with Crippen molar-refractivity contribution in [1.29, 1.82) is 0 Å². The quantitative estimate of drug-likeness (QED) is 0.711. The molecule has 3 aromatic rings. The first-order valence-corrected chi connectivity index (χ1v) is 8.03. The summed E-state index contributed by atoms with van der Waals surface area (Å²) < 4.78 is 16.1. The molecule has 0 saturated carbocycles. The number of aromatic nitrogens is 4. The summed E-state index contributed by atoms with van der Waals surface area (Å²) in [4.78, 5) is 13.6. The maximum absolute atomic E-state index is 5.37. The molecule has 4 rings (SSSR count). The first kappa shape index (κ1) is 15.0. The van der Waals surface area contributed by atoms with Crippen molar-refractivity contribution >= 4 is 11.0 Å². The number of para-hydroxylation sites is 2. The molecule has 0 N–H and O–H groups in total. The smallest absolute Gasteiger partial charge is 0.235 e. The summed E-state index contributed by atoms with van der Waals surface area (Å²) in [6.07, 6.45) is 2.18. The molecular weight excluding hydrogens is 308 g/mol. The van der Waals surface area contributed by atoms with Crippen LogP contribution in [0.25, 0.3) is 11.0 Å². The molecule has 0 radical (unpaired) electrons. The van der Waals surface area contributed by atoms with Crippen LogP contribution in [0, 0.1) is 0 Å². The summed E-state index contributed by atoms with van der Waals surface area (Å²) in [5, 5.41) is 4.07. The van der Waals surface area contributed by atoms with Crippen LogP contribution in [0.2, 0.25) is 0 Å². The lowest BCUT2D eigenvalue weighted by Crippen LogP contribution is -2.03. The number of methoxy groups -OCH3 is 1. The van der Waals surface area contributed by atoms with E-state index in [9.17, 15) is 0 Å². The highest BCUT2D eigenvalue weighted by atomic mass is 16.5. The van der Waals surface area contributed by atoms with Crippen LogP contribution in [0.15, 0.2) is 28.8 Å². The van der Waals surface area contributed by atoms with E-state index in [1.807, 2.05) is 24.3 Å². The summed E-state index contributed by atoms with van der Waals surface area (Å²) in [6, 6.07) is 7.74. The van der Waals surface area contributed by atoms with E-state index in [-0.39, 0.29) is 5.92 Å². The Hall–Kier alpha value is -2.54.